The van der Waals surface area contributed by atoms with Gasteiger partial charge in [-0.1, -0.05) is 89.0 Å². The number of hydrogen-bond donors (Lipinski definition) is 3. The lowest BCUT2D eigenvalue weighted by Crippen LogP contribution is -2.24. The first-order valence-corrected chi connectivity index (χ1v) is 15.8. The number of nitrogens with one attached hydrogen (secondary N) is 1. The van der Waals surface area contributed by atoms with E-state index in [1.54, 1.807) is 30.3 Å². The highest BCUT2D eigenvalue weighted by Crippen LogP contribution is 2.41. The SMILES string of the molecule is CCCCCCCCCCCCOc1cc(Nc2ccc(S(=O)(=O)O)cc2)c2c(c1N)C(=O)c1ccccc1C2=O. The number of rotatable bonds is 15. The van der Waals surface area contributed by atoms with Crippen LogP contribution in [0.1, 0.15) is 103 Å². The molecule has 3 aromatic rings. The third-order valence-corrected chi connectivity index (χ3v) is 8.25. The lowest BCUT2D eigenvalue weighted by molar-refractivity contribution is 0.0980. The number of unbranched alkanes of at least 4 members (excludes halogenated alkanes) is 9. The fourth-order valence-corrected chi connectivity index (χ4v) is 5.63. The quantitative estimate of drug-likeness (QED) is 0.0757. The second-order valence-corrected chi connectivity index (χ2v) is 11.9. The molecule has 0 spiro atoms. The van der Waals surface area contributed by atoms with Crippen LogP contribution in [0.3, 0.4) is 0 Å². The Morgan fingerprint density at radius 2 is 1.32 bits per heavy atom. The number of fused-ring (bicyclic) bond motifs is 2. The molecule has 3 aromatic carbocycles. The van der Waals surface area contributed by atoms with Crippen molar-refractivity contribution in [2.24, 2.45) is 0 Å². The zero-order valence-corrected chi connectivity index (χ0v) is 24.3. The van der Waals surface area contributed by atoms with Gasteiger partial charge in [0.25, 0.3) is 10.1 Å². The maximum absolute atomic E-state index is 13.6. The van der Waals surface area contributed by atoms with Crippen LogP contribution in [-0.4, -0.2) is 31.1 Å². The van der Waals surface area contributed by atoms with Crippen molar-refractivity contribution in [3.63, 3.8) is 0 Å². The number of nitrogen functional groups attached to an aromatic ring is 1. The van der Waals surface area contributed by atoms with E-state index in [2.05, 4.69) is 12.2 Å². The van der Waals surface area contributed by atoms with Gasteiger partial charge in [-0.25, -0.2) is 0 Å². The van der Waals surface area contributed by atoms with Crippen LogP contribution >= 0.6 is 0 Å². The minimum Gasteiger partial charge on any atom is -0.491 e. The van der Waals surface area contributed by atoms with E-state index in [4.69, 9.17) is 10.5 Å². The molecule has 41 heavy (non-hydrogen) atoms. The average Bonchev–Trinajstić information content (AvgIpc) is 2.95. The Morgan fingerprint density at radius 1 is 0.780 bits per heavy atom. The van der Waals surface area contributed by atoms with E-state index in [-0.39, 0.29) is 44.4 Å². The molecular formula is C32H38N2O6S. The molecule has 0 aliphatic heterocycles. The molecule has 0 atom stereocenters. The first kappa shape index (κ1) is 30.3. The largest absolute Gasteiger partial charge is 0.491 e. The summed E-state index contributed by atoms with van der Waals surface area (Å²) in [5.41, 5.74) is 8.13. The predicted octanol–water partition coefficient (Wildman–Crippen LogP) is 7.33. The Morgan fingerprint density at radius 3 is 1.88 bits per heavy atom. The number of ketones is 2. The summed E-state index contributed by atoms with van der Waals surface area (Å²) < 4.78 is 38.2. The van der Waals surface area contributed by atoms with Gasteiger partial charge in [-0.15, -0.1) is 0 Å². The van der Waals surface area contributed by atoms with Gasteiger partial charge in [0.15, 0.2) is 11.6 Å². The Hall–Kier alpha value is -3.69. The number of hydrogen-bond acceptors (Lipinski definition) is 7. The van der Waals surface area contributed by atoms with Gasteiger partial charge in [0.05, 0.1) is 34.0 Å². The van der Waals surface area contributed by atoms with Crippen LogP contribution in [0.5, 0.6) is 5.75 Å². The van der Waals surface area contributed by atoms with Crippen molar-refractivity contribution in [1.82, 2.24) is 0 Å². The molecule has 0 fully saturated rings. The first-order valence-electron chi connectivity index (χ1n) is 14.3. The molecule has 0 saturated heterocycles. The van der Waals surface area contributed by atoms with Crippen molar-refractivity contribution in [3.8, 4) is 5.75 Å². The topological polar surface area (TPSA) is 136 Å². The van der Waals surface area contributed by atoms with Crippen LogP contribution in [0.2, 0.25) is 0 Å². The molecular weight excluding hydrogens is 540 g/mol. The zero-order chi connectivity index (χ0) is 29.4. The molecule has 218 valence electrons. The summed E-state index contributed by atoms with van der Waals surface area (Å²) in [5.74, 6) is -0.403. The third kappa shape index (κ3) is 7.34. The molecule has 9 heteroatoms. The summed E-state index contributed by atoms with van der Waals surface area (Å²) in [5, 5.41) is 3.12. The van der Waals surface area contributed by atoms with Crippen LogP contribution in [0.15, 0.2) is 59.5 Å². The molecule has 1 aliphatic rings. The van der Waals surface area contributed by atoms with E-state index < -0.39 is 10.1 Å². The van der Waals surface area contributed by atoms with Crippen molar-refractivity contribution >= 4 is 38.7 Å². The summed E-state index contributed by atoms with van der Waals surface area (Å²) in [7, 11) is -4.36. The van der Waals surface area contributed by atoms with Gasteiger partial charge in [0.2, 0.25) is 0 Å². The van der Waals surface area contributed by atoms with E-state index in [1.807, 2.05) is 0 Å². The average molecular weight is 579 g/mol. The molecule has 8 nitrogen and oxygen atoms in total. The minimum atomic E-state index is -4.36. The summed E-state index contributed by atoms with van der Waals surface area (Å²) in [6.45, 7) is 2.64. The van der Waals surface area contributed by atoms with E-state index in [0.717, 1.165) is 19.3 Å². The molecule has 0 bridgehead atoms. The van der Waals surface area contributed by atoms with E-state index >= 15 is 0 Å². The Balaban J connectivity index is 1.51. The number of ether oxygens (including phenoxy) is 1. The maximum Gasteiger partial charge on any atom is 0.294 e. The second-order valence-electron chi connectivity index (χ2n) is 10.4. The van der Waals surface area contributed by atoms with Gasteiger partial charge in [-0.2, -0.15) is 8.42 Å². The van der Waals surface area contributed by atoms with Crippen molar-refractivity contribution < 1.29 is 27.3 Å². The normalized spacial score (nSPS) is 12.6. The summed E-state index contributed by atoms with van der Waals surface area (Å²) in [6.07, 6.45) is 11.9. The molecule has 1 aliphatic carbocycles. The number of nitrogens with two attached hydrogens (primary N) is 1. The van der Waals surface area contributed by atoms with Crippen LogP contribution in [0.4, 0.5) is 17.1 Å². The van der Waals surface area contributed by atoms with Crippen LogP contribution in [0, 0.1) is 0 Å². The van der Waals surface area contributed by atoms with Gasteiger partial charge < -0.3 is 15.8 Å². The molecule has 0 heterocycles. The van der Waals surface area contributed by atoms with Crippen molar-refractivity contribution in [2.45, 2.75) is 76.0 Å². The summed E-state index contributed by atoms with van der Waals surface area (Å²) in [6, 6.07) is 13.6. The van der Waals surface area contributed by atoms with E-state index in [0.29, 0.717) is 23.7 Å². The molecule has 4 N–H and O–H groups in total. The third-order valence-electron chi connectivity index (χ3n) is 7.39. The first-order chi connectivity index (χ1) is 19.7. The summed E-state index contributed by atoms with van der Waals surface area (Å²) in [4.78, 5) is 26.8. The summed E-state index contributed by atoms with van der Waals surface area (Å²) >= 11 is 0. The van der Waals surface area contributed by atoms with Gasteiger partial charge >= 0.3 is 0 Å². The van der Waals surface area contributed by atoms with Crippen molar-refractivity contribution in [3.05, 3.63) is 76.9 Å². The standard InChI is InChI=1S/C32H38N2O6S/c1-2-3-4-5-6-7-8-9-10-13-20-40-27-21-26(34-22-16-18-23(19-17-22)41(37,38)39)28-29(30(27)33)32(36)25-15-12-11-14-24(25)31(28)35/h11-12,14-19,21,34H,2-10,13,20,33H2,1H3,(H,37,38,39). The minimum absolute atomic E-state index is 0.0892. The lowest BCUT2D eigenvalue weighted by atomic mass is 9.82. The maximum atomic E-state index is 13.6. The predicted molar refractivity (Wildman–Crippen MR) is 161 cm³/mol. The molecule has 0 unspecified atom stereocenters. The fraction of sp³-hybridized carbons (Fsp3) is 0.375. The smallest absolute Gasteiger partial charge is 0.294 e. The van der Waals surface area contributed by atoms with Gasteiger partial charge in [-0.3, -0.25) is 14.1 Å². The second kappa shape index (κ2) is 13.8. The number of anilines is 3. The van der Waals surface area contributed by atoms with Gasteiger partial charge in [-0.05, 0) is 30.7 Å². The van der Waals surface area contributed by atoms with Crippen molar-refractivity contribution in [1.29, 1.82) is 0 Å². The molecule has 0 aromatic heterocycles. The van der Waals surface area contributed by atoms with Gasteiger partial charge in [0, 0.05) is 22.9 Å². The highest BCUT2D eigenvalue weighted by atomic mass is 32.2. The Labute approximate surface area is 242 Å². The Bertz CT molecular complexity index is 1500. The van der Waals surface area contributed by atoms with Gasteiger partial charge in [0.1, 0.15) is 5.75 Å². The van der Waals surface area contributed by atoms with Crippen molar-refractivity contribution in [2.75, 3.05) is 17.7 Å². The number of carbonyl (C=O) groups is 2. The molecule has 0 amide bonds. The number of benzene rings is 3. The molecule has 0 saturated carbocycles. The molecule has 4 rings (SSSR count). The fourth-order valence-electron chi connectivity index (χ4n) is 5.15. The molecule has 0 radical (unpaired) electrons. The zero-order valence-electron chi connectivity index (χ0n) is 23.4. The lowest BCUT2D eigenvalue weighted by Gasteiger charge is -2.24. The highest BCUT2D eigenvalue weighted by molar-refractivity contribution is 7.85. The van der Waals surface area contributed by atoms with E-state index in [9.17, 15) is 22.6 Å². The van der Waals surface area contributed by atoms with Crippen LogP contribution in [-0.2, 0) is 10.1 Å². The monoisotopic (exact) mass is 578 g/mol. The number of carbonyl (C=O) groups excluding carboxylic acids is 2. The highest BCUT2D eigenvalue weighted by Gasteiger charge is 2.35. The van der Waals surface area contributed by atoms with Crippen LogP contribution in [0.25, 0.3) is 0 Å². The Kier molecular flexibility index (Phi) is 10.2. The van der Waals surface area contributed by atoms with E-state index in [1.165, 1.54) is 69.2 Å². The van der Waals surface area contributed by atoms with Crippen LogP contribution < -0.4 is 15.8 Å².